The predicted molar refractivity (Wildman–Crippen MR) is 124 cm³/mol. The van der Waals surface area contributed by atoms with Gasteiger partial charge in [0.2, 0.25) is 10.0 Å². The first kappa shape index (κ1) is 23.7. The van der Waals surface area contributed by atoms with E-state index in [0.29, 0.717) is 25.1 Å². The maximum atomic E-state index is 13.6. The monoisotopic (exact) mass is 474 g/mol. The zero-order chi connectivity index (χ0) is 23.6. The molecule has 0 aromatic heterocycles. The van der Waals surface area contributed by atoms with E-state index < -0.39 is 10.0 Å². The van der Waals surface area contributed by atoms with Gasteiger partial charge < -0.3 is 9.64 Å². The number of amides is 1. The van der Waals surface area contributed by atoms with Gasteiger partial charge in [-0.25, -0.2) is 12.8 Å². The number of carbonyl (C=O) groups excluding carboxylic acids is 1. The van der Waals surface area contributed by atoms with Gasteiger partial charge in [-0.2, -0.15) is 4.31 Å². The number of ether oxygens (including phenoxy) is 1. The number of sulfonamides is 1. The van der Waals surface area contributed by atoms with Gasteiger partial charge in [-0.05, 0) is 74.9 Å². The van der Waals surface area contributed by atoms with Gasteiger partial charge in [0.25, 0.3) is 5.91 Å². The molecule has 2 atom stereocenters. The Morgan fingerprint density at radius 1 is 1.09 bits per heavy atom. The first-order chi connectivity index (χ1) is 15.8. The van der Waals surface area contributed by atoms with E-state index in [1.807, 2.05) is 13.0 Å². The summed E-state index contributed by atoms with van der Waals surface area (Å²) in [7, 11) is -2.37. The summed E-state index contributed by atoms with van der Waals surface area (Å²) in [4.78, 5) is 15.3. The minimum absolute atomic E-state index is 0.0328. The SMILES string of the molecule is COc1ccc(C(=O)N2CCCC2Cc2cccc(F)c2)cc1S(=O)(=O)N1CCCCC1C. The minimum atomic E-state index is -3.80. The average Bonchev–Trinajstić information content (AvgIpc) is 3.26. The summed E-state index contributed by atoms with van der Waals surface area (Å²) in [6.45, 7) is 2.97. The summed E-state index contributed by atoms with van der Waals surface area (Å²) < 4.78 is 47.5. The number of benzene rings is 2. The van der Waals surface area contributed by atoms with Crippen LogP contribution in [0.4, 0.5) is 4.39 Å². The van der Waals surface area contributed by atoms with Crippen molar-refractivity contribution in [2.24, 2.45) is 0 Å². The molecule has 6 nitrogen and oxygen atoms in total. The number of rotatable bonds is 6. The second kappa shape index (κ2) is 9.81. The van der Waals surface area contributed by atoms with Crippen molar-refractivity contribution < 1.29 is 22.3 Å². The number of nitrogens with zero attached hydrogens (tertiary/aromatic N) is 2. The van der Waals surface area contributed by atoms with E-state index in [9.17, 15) is 17.6 Å². The van der Waals surface area contributed by atoms with E-state index in [-0.39, 0.29) is 34.5 Å². The Morgan fingerprint density at radius 2 is 1.91 bits per heavy atom. The molecule has 2 aliphatic rings. The zero-order valence-corrected chi connectivity index (χ0v) is 20.0. The van der Waals surface area contributed by atoms with Crippen LogP contribution in [0.15, 0.2) is 47.4 Å². The molecule has 0 saturated carbocycles. The molecule has 2 saturated heterocycles. The maximum absolute atomic E-state index is 13.6. The molecule has 4 rings (SSSR count). The second-order valence-corrected chi connectivity index (χ2v) is 10.8. The van der Waals surface area contributed by atoms with Crippen LogP contribution in [-0.2, 0) is 16.4 Å². The van der Waals surface area contributed by atoms with Crippen molar-refractivity contribution in [2.45, 2.75) is 62.4 Å². The van der Waals surface area contributed by atoms with Crippen molar-refractivity contribution in [2.75, 3.05) is 20.2 Å². The number of carbonyl (C=O) groups is 1. The Hall–Kier alpha value is -2.45. The third-order valence-electron chi connectivity index (χ3n) is 6.74. The van der Waals surface area contributed by atoms with Gasteiger partial charge in [0.15, 0.2) is 0 Å². The highest BCUT2D eigenvalue weighted by Crippen LogP contribution is 2.33. The van der Waals surface area contributed by atoms with Crippen LogP contribution in [0.3, 0.4) is 0 Å². The van der Waals surface area contributed by atoms with Crippen LogP contribution in [0.5, 0.6) is 5.75 Å². The molecule has 1 amide bonds. The number of halogens is 1. The summed E-state index contributed by atoms with van der Waals surface area (Å²) in [6, 6.07) is 10.9. The number of hydrogen-bond acceptors (Lipinski definition) is 4. The number of methoxy groups -OCH3 is 1. The highest BCUT2D eigenvalue weighted by atomic mass is 32.2. The van der Waals surface area contributed by atoms with Gasteiger partial charge in [0, 0.05) is 30.7 Å². The molecule has 0 aliphatic carbocycles. The minimum Gasteiger partial charge on any atom is -0.495 e. The summed E-state index contributed by atoms with van der Waals surface area (Å²) in [6.07, 6.45) is 4.89. The molecule has 2 aromatic carbocycles. The number of likely N-dealkylation sites (tertiary alicyclic amines) is 1. The summed E-state index contributed by atoms with van der Waals surface area (Å²) in [5.41, 5.74) is 1.17. The normalized spacial score (nSPS) is 21.8. The van der Waals surface area contributed by atoms with E-state index in [1.165, 1.54) is 29.6 Å². The lowest BCUT2D eigenvalue weighted by Crippen LogP contribution is -2.42. The number of hydrogen-bond donors (Lipinski definition) is 0. The Labute approximate surface area is 195 Å². The quantitative estimate of drug-likeness (QED) is 0.628. The molecule has 178 valence electrons. The van der Waals surface area contributed by atoms with E-state index in [1.54, 1.807) is 23.1 Å². The van der Waals surface area contributed by atoms with Crippen LogP contribution in [0, 0.1) is 5.82 Å². The third kappa shape index (κ3) is 4.92. The van der Waals surface area contributed by atoms with E-state index in [2.05, 4.69) is 0 Å². The van der Waals surface area contributed by atoms with Crippen molar-refractivity contribution in [3.8, 4) is 5.75 Å². The Balaban J connectivity index is 1.61. The molecule has 0 radical (unpaired) electrons. The first-order valence-corrected chi connectivity index (χ1v) is 13.0. The molecule has 0 spiro atoms. The fourth-order valence-electron chi connectivity index (χ4n) is 4.98. The zero-order valence-electron chi connectivity index (χ0n) is 19.2. The number of piperidine rings is 1. The van der Waals surface area contributed by atoms with Crippen molar-refractivity contribution in [3.63, 3.8) is 0 Å². The van der Waals surface area contributed by atoms with E-state index >= 15 is 0 Å². The molecule has 33 heavy (non-hydrogen) atoms. The Kier molecular flexibility index (Phi) is 7.05. The van der Waals surface area contributed by atoms with Crippen molar-refractivity contribution >= 4 is 15.9 Å². The molecular formula is C25H31FN2O4S. The standard InChI is InChI=1S/C25H31FN2O4S/c1-18-7-3-4-14-28(18)33(30,31)24-17-20(11-12-23(24)32-2)25(29)27-13-6-10-22(27)16-19-8-5-9-21(26)15-19/h5,8-9,11-12,15,17-18,22H,3-4,6-7,10,13-14,16H2,1-2H3. The van der Waals surface area contributed by atoms with Crippen LogP contribution < -0.4 is 4.74 Å². The predicted octanol–water partition coefficient (Wildman–Crippen LogP) is 4.24. The Bertz CT molecular complexity index is 1120. The molecule has 2 aromatic rings. The average molecular weight is 475 g/mol. The van der Waals surface area contributed by atoms with Crippen molar-refractivity contribution in [1.82, 2.24) is 9.21 Å². The topological polar surface area (TPSA) is 66.9 Å². The van der Waals surface area contributed by atoms with Crippen LogP contribution in [0.25, 0.3) is 0 Å². The van der Waals surface area contributed by atoms with Gasteiger partial charge in [-0.15, -0.1) is 0 Å². The lowest BCUT2D eigenvalue weighted by Gasteiger charge is -2.32. The van der Waals surface area contributed by atoms with Gasteiger partial charge in [0.05, 0.1) is 7.11 Å². The van der Waals surface area contributed by atoms with Crippen LogP contribution >= 0.6 is 0 Å². The molecule has 2 heterocycles. The van der Waals surface area contributed by atoms with Gasteiger partial charge in [0.1, 0.15) is 16.5 Å². The maximum Gasteiger partial charge on any atom is 0.254 e. The molecule has 2 aliphatic heterocycles. The largest absolute Gasteiger partial charge is 0.495 e. The van der Waals surface area contributed by atoms with Gasteiger partial charge in [-0.1, -0.05) is 18.6 Å². The molecule has 2 fully saturated rings. The lowest BCUT2D eigenvalue weighted by molar-refractivity contribution is 0.0736. The smallest absolute Gasteiger partial charge is 0.254 e. The highest BCUT2D eigenvalue weighted by molar-refractivity contribution is 7.89. The molecule has 2 unspecified atom stereocenters. The first-order valence-electron chi connectivity index (χ1n) is 11.6. The van der Waals surface area contributed by atoms with E-state index in [4.69, 9.17) is 4.74 Å². The summed E-state index contributed by atoms with van der Waals surface area (Å²) in [5, 5.41) is 0. The molecular weight excluding hydrogens is 443 g/mol. The lowest BCUT2D eigenvalue weighted by atomic mass is 10.0. The second-order valence-electron chi connectivity index (χ2n) is 8.95. The van der Waals surface area contributed by atoms with Gasteiger partial charge >= 0.3 is 0 Å². The fraction of sp³-hybridized carbons (Fsp3) is 0.480. The summed E-state index contributed by atoms with van der Waals surface area (Å²) in [5.74, 6) is -0.262. The van der Waals surface area contributed by atoms with Gasteiger partial charge in [-0.3, -0.25) is 4.79 Å². The third-order valence-corrected chi connectivity index (χ3v) is 8.77. The van der Waals surface area contributed by atoms with E-state index in [0.717, 1.165) is 37.7 Å². The van der Waals surface area contributed by atoms with Crippen LogP contribution in [0.2, 0.25) is 0 Å². The molecule has 8 heteroatoms. The van der Waals surface area contributed by atoms with Crippen molar-refractivity contribution in [3.05, 3.63) is 59.4 Å². The van der Waals surface area contributed by atoms with Crippen LogP contribution in [0.1, 0.15) is 54.9 Å². The summed E-state index contributed by atoms with van der Waals surface area (Å²) >= 11 is 0. The Morgan fingerprint density at radius 3 is 2.64 bits per heavy atom. The highest BCUT2D eigenvalue weighted by Gasteiger charge is 2.35. The molecule has 0 bridgehead atoms. The van der Waals surface area contributed by atoms with Crippen LogP contribution in [-0.4, -0.2) is 55.8 Å². The molecule has 0 N–H and O–H groups in total. The van der Waals surface area contributed by atoms with Crippen molar-refractivity contribution in [1.29, 1.82) is 0 Å². The fourth-order valence-corrected chi connectivity index (χ4v) is 6.87.